The van der Waals surface area contributed by atoms with Crippen LogP contribution >= 0.6 is 11.3 Å². The molecule has 1 aromatic heterocycles. The Morgan fingerprint density at radius 2 is 1.79 bits per heavy atom. The molecule has 0 fully saturated rings. The summed E-state index contributed by atoms with van der Waals surface area (Å²) in [4.78, 5) is 16.0. The number of ketones is 1. The quantitative estimate of drug-likeness (QED) is 0.617. The van der Waals surface area contributed by atoms with E-state index in [1.54, 1.807) is 0 Å². The van der Waals surface area contributed by atoms with Gasteiger partial charge in [0.25, 0.3) is 0 Å². The van der Waals surface area contributed by atoms with Gasteiger partial charge in [-0.25, -0.2) is 0 Å². The highest BCUT2D eigenvalue weighted by Crippen LogP contribution is 2.36. The van der Waals surface area contributed by atoms with Gasteiger partial charge in [0.15, 0.2) is 5.78 Å². The Kier molecular flexibility index (Phi) is 4.18. The standard InChI is InChI=1S/C21H19NOS/c23-20(21-11-6-14-24-21)15-19-18-10-5-4-7-16(18)12-13-22(19)17-8-2-1-3-9-17/h1-11,14,19H,12-13,15H2. The molecule has 0 N–H and O–H groups in total. The number of para-hydroxylation sites is 1. The molecule has 0 spiro atoms. The zero-order chi connectivity index (χ0) is 16.4. The Hall–Kier alpha value is -2.39. The summed E-state index contributed by atoms with van der Waals surface area (Å²) in [5.41, 5.74) is 3.85. The van der Waals surface area contributed by atoms with Crippen molar-refractivity contribution in [3.8, 4) is 0 Å². The van der Waals surface area contributed by atoms with E-state index in [1.807, 2.05) is 23.6 Å². The number of rotatable bonds is 4. The smallest absolute Gasteiger partial charge is 0.175 e. The van der Waals surface area contributed by atoms with Crippen LogP contribution in [-0.2, 0) is 6.42 Å². The molecule has 0 bridgehead atoms. The maximum absolute atomic E-state index is 12.7. The average molecular weight is 333 g/mol. The summed E-state index contributed by atoms with van der Waals surface area (Å²) in [5.74, 6) is 0.229. The lowest BCUT2D eigenvalue weighted by Crippen LogP contribution is -2.36. The number of hydrogen-bond acceptors (Lipinski definition) is 3. The highest BCUT2D eigenvalue weighted by molar-refractivity contribution is 7.12. The first-order chi connectivity index (χ1) is 11.8. The van der Waals surface area contributed by atoms with Gasteiger partial charge in [-0.3, -0.25) is 4.79 Å². The summed E-state index contributed by atoms with van der Waals surface area (Å²) in [7, 11) is 0. The molecule has 2 nitrogen and oxygen atoms in total. The van der Waals surface area contributed by atoms with Gasteiger partial charge in [0.1, 0.15) is 0 Å². The molecule has 0 saturated carbocycles. The molecular formula is C21H19NOS. The normalized spacial score (nSPS) is 16.7. The summed E-state index contributed by atoms with van der Waals surface area (Å²) in [6, 6.07) is 23.0. The van der Waals surface area contributed by atoms with Crippen LogP contribution in [0.25, 0.3) is 0 Å². The molecular weight excluding hydrogens is 314 g/mol. The Morgan fingerprint density at radius 1 is 1.00 bits per heavy atom. The lowest BCUT2D eigenvalue weighted by atomic mass is 9.89. The van der Waals surface area contributed by atoms with Crippen molar-refractivity contribution in [1.29, 1.82) is 0 Å². The van der Waals surface area contributed by atoms with Crippen LogP contribution in [0.2, 0.25) is 0 Å². The van der Waals surface area contributed by atoms with Gasteiger partial charge in [0.2, 0.25) is 0 Å². The molecule has 0 radical (unpaired) electrons. The van der Waals surface area contributed by atoms with Gasteiger partial charge >= 0.3 is 0 Å². The minimum Gasteiger partial charge on any atom is -0.364 e. The van der Waals surface area contributed by atoms with Crippen LogP contribution in [-0.4, -0.2) is 12.3 Å². The Bertz CT molecular complexity index is 826. The second-order valence-corrected chi connectivity index (χ2v) is 7.05. The molecule has 0 aliphatic carbocycles. The fraction of sp³-hybridized carbons (Fsp3) is 0.190. The van der Waals surface area contributed by atoms with Crippen molar-refractivity contribution in [3.05, 3.63) is 88.1 Å². The van der Waals surface area contributed by atoms with Crippen LogP contribution in [0.4, 0.5) is 5.69 Å². The van der Waals surface area contributed by atoms with Gasteiger partial charge in [-0.2, -0.15) is 0 Å². The molecule has 3 aromatic rings. The zero-order valence-electron chi connectivity index (χ0n) is 13.4. The third-order valence-corrected chi connectivity index (χ3v) is 5.59. The first-order valence-corrected chi connectivity index (χ1v) is 9.17. The van der Waals surface area contributed by atoms with Crippen LogP contribution in [0.1, 0.15) is 33.3 Å². The number of carbonyl (C=O) groups is 1. The van der Waals surface area contributed by atoms with Crippen LogP contribution in [0.15, 0.2) is 72.1 Å². The van der Waals surface area contributed by atoms with Crippen LogP contribution < -0.4 is 4.90 Å². The number of nitrogens with zero attached hydrogens (tertiary/aromatic N) is 1. The molecule has 1 aliphatic rings. The molecule has 4 rings (SSSR count). The molecule has 1 aliphatic heterocycles. The van der Waals surface area contributed by atoms with Crippen LogP contribution in [0.5, 0.6) is 0 Å². The number of carbonyl (C=O) groups excluding carboxylic acids is 1. The number of hydrogen-bond donors (Lipinski definition) is 0. The Balaban J connectivity index is 1.71. The lowest BCUT2D eigenvalue weighted by Gasteiger charge is -2.39. The first-order valence-electron chi connectivity index (χ1n) is 8.29. The molecule has 0 amide bonds. The molecule has 2 heterocycles. The van der Waals surface area contributed by atoms with Crippen molar-refractivity contribution < 1.29 is 4.79 Å². The summed E-state index contributed by atoms with van der Waals surface area (Å²) in [6.07, 6.45) is 1.54. The van der Waals surface area contributed by atoms with Crippen LogP contribution in [0, 0.1) is 0 Å². The molecule has 1 atom stereocenters. The minimum atomic E-state index is 0.104. The van der Waals surface area contributed by atoms with Gasteiger partial charge in [-0.15, -0.1) is 11.3 Å². The van der Waals surface area contributed by atoms with E-state index in [0.29, 0.717) is 6.42 Å². The fourth-order valence-corrected chi connectivity index (χ4v) is 4.19. The third kappa shape index (κ3) is 2.87. The molecule has 1 unspecified atom stereocenters. The average Bonchev–Trinajstić information content (AvgIpc) is 3.17. The van der Waals surface area contributed by atoms with Gasteiger partial charge in [-0.05, 0) is 41.1 Å². The number of benzene rings is 2. The number of anilines is 1. The molecule has 3 heteroatoms. The number of fused-ring (bicyclic) bond motifs is 1. The summed E-state index contributed by atoms with van der Waals surface area (Å²) >= 11 is 1.53. The van der Waals surface area contributed by atoms with Crippen LogP contribution in [0.3, 0.4) is 0 Å². The number of Topliss-reactive ketones (excluding diaryl/α,β-unsaturated/α-hetero) is 1. The monoisotopic (exact) mass is 333 g/mol. The van der Waals surface area contributed by atoms with E-state index in [9.17, 15) is 4.79 Å². The molecule has 24 heavy (non-hydrogen) atoms. The maximum Gasteiger partial charge on any atom is 0.175 e. The van der Waals surface area contributed by atoms with E-state index in [4.69, 9.17) is 0 Å². The maximum atomic E-state index is 12.7. The lowest BCUT2D eigenvalue weighted by molar-refractivity contribution is 0.0976. The minimum absolute atomic E-state index is 0.104. The molecule has 2 aromatic carbocycles. The Labute approximate surface area is 146 Å². The van der Waals surface area contributed by atoms with E-state index >= 15 is 0 Å². The van der Waals surface area contributed by atoms with Crippen molar-refractivity contribution in [2.45, 2.75) is 18.9 Å². The summed E-state index contributed by atoms with van der Waals surface area (Å²) in [6.45, 7) is 0.948. The summed E-state index contributed by atoms with van der Waals surface area (Å²) in [5, 5.41) is 1.97. The second-order valence-electron chi connectivity index (χ2n) is 6.10. The zero-order valence-corrected chi connectivity index (χ0v) is 14.2. The largest absolute Gasteiger partial charge is 0.364 e. The molecule has 0 saturated heterocycles. The van der Waals surface area contributed by atoms with E-state index in [-0.39, 0.29) is 11.8 Å². The van der Waals surface area contributed by atoms with E-state index < -0.39 is 0 Å². The van der Waals surface area contributed by atoms with E-state index in [0.717, 1.165) is 17.8 Å². The highest BCUT2D eigenvalue weighted by Gasteiger charge is 2.29. The highest BCUT2D eigenvalue weighted by atomic mass is 32.1. The van der Waals surface area contributed by atoms with Gasteiger partial charge in [0, 0.05) is 18.7 Å². The van der Waals surface area contributed by atoms with Crippen molar-refractivity contribution >= 4 is 22.8 Å². The van der Waals surface area contributed by atoms with Gasteiger partial charge < -0.3 is 4.90 Å². The molecule has 120 valence electrons. The number of thiophene rings is 1. The predicted octanol–water partition coefficient (Wildman–Crippen LogP) is 5.12. The predicted molar refractivity (Wildman–Crippen MR) is 99.9 cm³/mol. The SMILES string of the molecule is O=C(CC1c2ccccc2CCN1c1ccccc1)c1cccs1. The van der Waals surface area contributed by atoms with Crippen molar-refractivity contribution in [2.75, 3.05) is 11.4 Å². The van der Waals surface area contributed by atoms with E-state index in [2.05, 4.69) is 53.4 Å². The topological polar surface area (TPSA) is 20.3 Å². The van der Waals surface area contributed by atoms with Gasteiger partial charge in [-0.1, -0.05) is 48.5 Å². The van der Waals surface area contributed by atoms with Crippen molar-refractivity contribution in [2.24, 2.45) is 0 Å². The Morgan fingerprint density at radius 3 is 2.58 bits per heavy atom. The fourth-order valence-electron chi connectivity index (χ4n) is 3.51. The van der Waals surface area contributed by atoms with Crippen molar-refractivity contribution in [1.82, 2.24) is 0 Å². The second kappa shape index (κ2) is 6.62. The van der Waals surface area contributed by atoms with Gasteiger partial charge in [0.05, 0.1) is 10.9 Å². The summed E-state index contributed by atoms with van der Waals surface area (Å²) < 4.78 is 0. The van der Waals surface area contributed by atoms with Crippen molar-refractivity contribution in [3.63, 3.8) is 0 Å². The third-order valence-electron chi connectivity index (χ3n) is 4.67. The first kappa shape index (κ1) is 15.2. The van der Waals surface area contributed by atoms with E-state index in [1.165, 1.54) is 28.2 Å².